The highest BCUT2D eigenvalue weighted by Crippen LogP contribution is 2.26. The Labute approximate surface area is 106 Å². The Bertz CT molecular complexity index is 483. The Kier molecular flexibility index (Phi) is 3.50. The number of amides is 2. The maximum Gasteiger partial charge on any atom is 0.259 e. The van der Waals surface area contributed by atoms with Crippen LogP contribution >= 0.6 is 0 Å². The number of hydrogen-bond donors (Lipinski definition) is 1. The molecule has 2 rings (SSSR count). The van der Waals surface area contributed by atoms with Crippen molar-refractivity contribution in [1.82, 2.24) is 4.90 Å². The van der Waals surface area contributed by atoms with E-state index in [-0.39, 0.29) is 18.4 Å². The summed E-state index contributed by atoms with van der Waals surface area (Å²) in [5.41, 5.74) is 1.88. The van der Waals surface area contributed by atoms with E-state index < -0.39 is 0 Å². The van der Waals surface area contributed by atoms with Gasteiger partial charge in [0.25, 0.3) is 5.91 Å². The largest absolute Gasteiger partial charge is 0.484 e. The minimum Gasteiger partial charge on any atom is -0.484 e. The van der Waals surface area contributed by atoms with E-state index in [4.69, 9.17) is 4.74 Å². The van der Waals surface area contributed by atoms with Crippen molar-refractivity contribution in [2.75, 3.05) is 26.0 Å². The van der Waals surface area contributed by atoms with Crippen molar-refractivity contribution in [2.45, 2.75) is 12.8 Å². The fourth-order valence-electron chi connectivity index (χ4n) is 1.71. The lowest BCUT2D eigenvalue weighted by Gasteiger charge is -2.18. The third-order valence-corrected chi connectivity index (χ3v) is 2.84. The van der Waals surface area contributed by atoms with E-state index in [9.17, 15) is 9.59 Å². The number of anilines is 1. The lowest BCUT2D eigenvalue weighted by Crippen LogP contribution is -2.27. The summed E-state index contributed by atoms with van der Waals surface area (Å²) in [5.74, 6) is 0.506. The first-order valence-electron chi connectivity index (χ1n) is 5.82. The summed E-state index contributed by atoms with van der Waals surface area (Å²) >= 11 is 0. The van der Waals surface area contributed by atoms with Crippen LogP contribution in [0.5, 0.6) is 5.75 Å². The minimum atomic E-state index is -0.100. The Morgan fingerprint density at radius 3 is 2.89 bits per heavy atom. The van der Waals surface area contributed by atoms with Crippen molar-refractivity contribution in [3.8, 4) is 5.75 Å². The van der Waals surface area contributed by atoms with Gasteiger partial charge in [-0.15, -0.1) is 0 Å². The number of nitrogens with one attached hydrogen (secondary N) is 1. The topological polar surface area (TPSA) is 58.6 Å². The highest BCUT2D eigenvalue weighted by molar-refractivity contribution is 5.94. The van der Waals surface area contributed by atoms with Gasteiger partial charge in [0.1, 0.15) is 5.75 Å². The summed E-state index contributed by atoms with van der Waals surface area (Å²) in [6.45, 7) is -0.000265. The number of likely N-dealkylation sites (N-methyl/N-ethyl adjacent to an activating group) is 1. The van der Waals surface area contributed by atoms with Crippen molar-refractivity contribution in [3.63, 3.8) is 0 Å². The van der Waals surface area contributed by atoms with Crippen LogP contribution in [-0.4, -0.2) is 37.4 Å². The van der Waals surface area contributed by atoms with Gasteiger partial charge in [-0.25, -0.2) is 0 Å². The van der Waals surface area contributed by atoms with Crippen molar-refractivity contribution in [3.05, 3.63) is 23.8 Å². The summed E-state index contributed by atoms with van der Waals surface area (Å²) in [6.07, 6.45) is 1.27. The summed E-state index contributed by atoms with van der Waals surface area (Å²) in [6, 6.07) is 5.50. The maximum absolute atomic E-state index is 11.4. The first-order chi connectivity index (χ1) is 8.56. The highest BCUT2D eigenvalue weighted by atomic mass is 16.5. The summed E-state index contributed by atoms with van der Waals surface area (Å²) in [7, 11) is 3.36. The second-order valence-electron chi connectivity index (χ2n) is 4.44. The third-order valence-electron chi connectivity index (χ3n) is 2.84. The van der Waals surface area contributed by atoms with Gasteiger partial charge in [-0.05, 0) is 18.1 Å². The fourth-order valence-corrected chi connectivity index (χ4v) is 1.71. The predicted molar refractivity (Wildman–Crippen MR) is 67.6 cm³/mol. The van der Waals surface area contributed by atoms with Crippen LogP contribution in [0.15, 0.2) is 18.2 Å². The Morgan fingerprint density at radius 2 is 2.17 bits per heavy atom. The average molecular weight is 248 g/mol. The molecule has 0 aromatic heterocycles. The van der Waals surface area contributed by atoms with Crippen molar-refractivity contribution in [2.24, 2.45) is 0 Å². The van der Waals surface area contributed by atoms with E-state index in [2.05, 4.69) is 5.32 Å². The molecule has 0 unspecified atom stereocenters. The van der Waals surface area contributed by atoms with Crippen molar-refractivity contribution < 1.29 is 14.3 Å². The quantitative estimate of drug-likeness (QED) is 0.869. The monoisotopic (exact) mass is 248 g/mol. The molecule has 1 heterocycles. The molecule has 5 heteroatoms. The van der Waals surface area contributed by atoms with Gasteiger partial charge in [-0.1, -0.05) is 6.07 Å². The van der Waals surface area contributed by atoms with Gasteiger partial charge in [0, 0.05) is 32.3 Å². The Morgan fingerprint density at radius 1 is 1.39 bits per heavy atom. The van der Waals surface area contributed by atoms with Gasteiger partial charge in [-0.3, -0.25) is 9.59 Å². The lowest BCUT2D eigenvalue weighted by molar-refractivity contribution is -0.130. The van der Waals surface area contributed by atoms with Crippen LogP contribution in [0.4, 0.5) is 5.69 Å². The van der Waals surface area contributed by atoms with Crippen LogP contribution in [0.1, 0.15) is 12.0 Å². The smallest absolute Gasteiger partial charge is 0.259 e. The zero-order valence-corrected chi connectivity index (χ0v) is 10.5. The average Bonchev–Trinajstić information content (AvgIpc) is 2.35. The first-order valence-corrected chi connectivity index (χ1v) is 5.82. The number of aryl methyl sites for hydroxylation is 1. The van der Waals surface area contributed by atoms with Gasteiger partial charge in [-0.2, -0.15) is 0 Å². The minimum absolute atomic E-state index is 0.000265. The zero-order valence-electron chi connectivity index (χ0n) is 10.5. The van der Waals surface area contributed by atoms with Gasteiger partial charge >= 0.3 is 0 Å². The Balaban J connectivity index is 2.04. The second kappa shape index (κ2) is 5.08. The molecule has 18 heavy (non-hydrogen) atoms. The number of nitrogens with zero attached hydrogens (tertiary/aromatic N) is 1. The van der Waals surface area contributed by atoms with Crippen molar-refractivity contribution in [1.29, 1.82) is 0 Å². The van der Waals surface area contributed by atoms with Crippen LogP contribution in [-0.2, 0) is 16.0 Å². The molecular formula is C13H16N2O3. The molecule has 1 aromatic rings. The van der Waals surface area contributed by atoms with Crippen LogP contribution in [0, 0.1) is 0 Å². The SMILES string of the molecule is CN(C)C(=O)COc1ccc2c(c1)NC(=O)CC2. The molecule has 5 nitrogen and oxygen atoms in total. The molecule has 2 amide bonds. The van der Waals surface area contributed by atoms with E-state index in [1.807, 2.05) is 12.1 Å². The highest BCUT2D eigenvalue weighted by Gasteiger charge is 2.15. The van der Waals surface area contributed by atoms with Crippen LogP contribution in [0.25, 0.3) is 0 Å². The predicted octanol–water partition coefficient (Wildman–Crippen LogP) is 1.04. The van der Waals surface area contributed by atoms with Gasteiger partial charge in [0.2, 0.25) is 5.91 Å². The first kappa shape index (κ1) is 12.4. The van der Waals surface area contributed by atoms with E-state index in [1.165, 1.54) is 4.90 Å². The van der Waals surface area contributed by atoms with Gasteiger partial charge in [0.15, 0.2) is 6.61 Å². The normalized spacial score (nSPS) is 13.6. The molecule has 0 saturated heterocycles. The number of fused-ring (bicyclic) bond motifs is 1. The molecule has 96 valence electrons. The fraction of sp³-hybridized carbons (Fsp3) is 0.385. The molecule has 0 fully saturated rings. The standard InChI is InChI=1S/C13H16N2O3/c1-15(2)13(17)8-18-10-5-3-9-4-6-12(16)14-11(9)7-10/h3,5,7H,4,6,8H2,1-2H3,(H,14,16). The number of carbonyl (C=O) groups excluding carboxylic acids is 2. The Hall–Kier alpha value is -2.04. The molecule has 0 aliphatic carbocycles. The molecule has 0 radical (unpaired) electrons. The van der Waals surface area contributed by atoms with Crippen LogP contribution in [0.3, 0.4) is 0 Å². The van der Waals surface area contributed by atoms with E-state index in [0.29, 0.717) is 12.2 Å². The summed E-state index contributed by atoms with van der Waals surface area (Å²) < 4.78 is 5.39. The second-order valence-corrected chi connectivity index (χ2v) is 4.44. The number of carbonyl (C=O) groups is 2. The molecule has 0 spiro atoms. The van der Waals surface area contributed by atoms with E-state index >= 15 is 0 Å². The lowest BCUT2D eigenvalue weighted by atomic mass is 10.0. The molecule has 1 aromatic carbocycles. The summed E-state index contributed by atoms with van der Waals surface area (Å²) in [5, 5.41) is 2.80. The van der Waals surface area contributed by atoms with Crippen LogP contribution in [0.2, 0.25) is 0 Å². The molecule has 1 aliphatic rings. The number of benzene rings is 1. The molecule has 0 saturated carbocycles. The number of rotatable bonds is 3. The number of ether oxygens (including phenoxy) is 1. The van der Waals surface area contributed by atoms with Gasteiger partial charge < -0.3 is 15.0 Å². The molecule has 1 aliphatic heterocycles. The summed E-state index contributed by atoms with van der Waals surface area (Å²) in [4.78, 5) is 24.1. The van der Waals surface area contributed by atoms with Crippen molar-refractivity contribution >= 4 is 17.5 Å². The van der Waals surface area contributed by atoms with Gasteiger partial charge in [0.05, 0.1) is 0 Å². The molecule has 0 bridgehead atoms. The van der Waals surface area contributed by atoms with E-state index in [0.717, 1.165) is 17.7 Å². The zero-order chi connectivity index (χ0) is 13.1. The molecule has 0 atom stereocenters. The van der Waals surface area contributed by atoms with E-state index in [1.54, 1.807) is 20.2 Å². The maximum atomic E-state index is 11.4. The third kappa shape index (κ3) is 2.80. The number of hydrogen-bond acceptors (Lipinski definition) is 3. The molecule has 1 N–H and O–H groups in total. The van der Waals surface area contributed by atoms with Crippen LogP contribution < -0.4 is 10.1 Å². The molecular weight excluding hydrogens is 232 g/mol.